The molecule has 1 heterocycles. The summed E-state index contributed by atoms with van der Waals surface area (Å²) in [7, 11) is -4.09. The van der Waals surface area contributed by atoms with Gasteiger partial charge in [0.15, 0.2) is 4.90 Å². The molecule has 9 heteroatoms. The van der Waals surface area contributed by atoms with E-state index < -0.39 is 26.2 Å². The molecule has 0 saturated carbocycles. The standard InChI is InChI=1S/C8H13N3O5S/c1-5(2)4-16-11-17(14,15)6-3-9-8(13)10-7(6)12/h3,5,11H,4H2,1-2H3,(H2,9,10,12,13). The SMILES string of the molecule is CC(C)CONS(=O)(=O)c1c[nH]c(=O)[nH]c1=O. The van der Waals surface area contributed by atoms with Crippen LogP contribution in [-0.4, -0.2) is 25.0 Å². The Bertz CT molecular complexity index is 586. The van der Waals surface area contributed by atoms with Gasteiger partial charge in [-0.05, 0) is 5.92 Å². The first-order valence-corrected chi connectivity index (χ1v) is 6.27. The van der Waals surface area contributed by atoms with Gasteiger partial charge in [0.2, 0.25) is 0 Å². The van der Waals surface area contributed by atoms with Crippen molar-refractivity contribution in [1.82, 2.24) is 14.9 Å². The van der Waals surface area contributed by atoms with Gasteiger partial charge in [-0.3, -0.25) is 14.6 Å². The third-order valence-corrected chi connectivity index (χ3v) is 2.88. The molecule has 0 aliphatic carbocycles. The smallest absolute Gasteiger partial charge is 0.313 e. The van der Waals surface area contributed by atoms with E-state index in [0.29, 0.717) is 0 Å². The van der Waals surface area contributed by atoms with Crippen molar-refractivity contribution in [2.45, 2.75) is 18.7 Å². The predicted octanol–water partition coefficient (Wildman–Crippen LogP) is -1.07. The van der Waals surface area contributed by atoms with E-state index >= 15 is 0 Å². The summed E-state index contributed by atoms with van der Waals surface area (Å²) in [6.45, 7) is 3.84. The highest BCUT2D eigenvalue weighted by Crippen LogP contribution is 1.99. The molecular weight excluding hydrogens is 250 g/mol. The van der Waals surface area contributed by atoms with Crippen molar-refractivity contribution < 1.29 is 13.3 Å². The average molecular weight is 263 g/mol. The first-order chi connectivity index (χ1) is 7.83. The second-order valence-corrected chi connectivity index (χ2v) is 5.34. The zero-order valence-electron chi connectivity index (χ0n) is 9.31. The Morgan fingerprint density at radius 2 is 2.06 bits per heavy atom. The normalized spacial score (nSPS) is 11.9. The van der Waals surface area contributed by atoms with Crippen molar-refractivity contribution in [2.24, 2.45) is 5.92 Å². The molecule has 96 valence electrons. The van der Waals surface area contributed by atoms with Gasteiger partial charge in [-0.1, -0.05) is 18.7 Å². The fourth-order valence-electron chi connectivity index (χ4n) is 0.920. The van der Waals surface area contributed by atoms with E-state index in [1.54, 1.807) is 9.87 Å². The van der Waals surface area contributed by atoms with E-state index in [1.807, 2.05) is 13.8 Å². The van der Waals surface area contributed by atoms with E-state index in [0.717, 1.165) is 6.20 Å². The summed E-state index contributed by atoms with van der Waals surface area (Å²) in [5, 5.41) is 0. The molecule has 0 unspecified atom stereocenters. The van der Waals surface area contributed by atoms with E-state index in [2.05, 4.69) is 4.98 Å². The molecule has 0 radical (unpaired) electrons. The minimum Gasteiger partial charge on any atom is -0.313 e. The maximum absolute atomic E-state index is 11.6. The Morgan fingerprint density at radius 3 is 2.59 bits per heavy atom. The Morgan fingerprint density at radius 1 is 1.41 bits per heavy atom. The molecule has 1 rings (SSSR count). The summed E-state index contributed by atoms with van der Waals surface area (Å²) < 4.78 is 23.1. The molecule has 0 aliphatic heterocycles. The van der Waals surface area contributed by atoms with Crippen LogP contribution in [0.5, 0.6) is 0 Å². The van der Waals surface area contributed by atoms with E-state index in [1.165, 1.54) is 0 Å². The van der Waals surface area contributed by atoms with Crippen LogP contribution in [0.25, 0.3) is 0 Å². The van der Waals surface area contributed by atoms with Crippen molar-refractivity contribution in [3.63, 3.8) is 0 Å². The fourth-order valence-corrected chi connectivity index (χ4v) is 1.74. The Hall–Kier alpha value is -1.45. The van der Waals surface area contributed by atoms with Crippen LogP contribution in [0.4, 0.5) is 0 Å². The van der Waals surface area contributed by atoms with Crippen LogP contribution in [0.3, 0.4) is 0 Å². The summed E-state index contributed by atoms with van der Waals surface area (Å²) in [4.78, 5) is 31.7. The minimum atomic E-state index is -4.09. The molecule has 0 amide bonds. The van der Waals surface area contributed by atoms with Gasteiger partial charge in [-0.15, -0.1) is 0 Å². The second-order valence-electron chi connectivity index (χ2n) is 3.73. The quantitative estimate of drug-likeness (QED) is 0.584. The first-order valence-electron chi connectivity index (χ1n) is 4.78. The second kappa shape index (κ2) is 5.25. The van der Waals surface area contributed by atoms with E-state index in [-0.39, 0.29) is 12.5 Å². The largest absolute Gasteiger partial charge is 0.325 e. The molecule has 0 aromatic carbocycles. The molecule has 0 saturated heterocycles. The lowest BCUT2D eigenvalue weighted by molar-refractivity contribution is 0.0718. The fraction of sp³-hybridized carbons (Fsp3) is 0.500. The van der Waals surface area contributed by atoms with Crippen LogP contribution >= 0.6 is 0 Å². The third kappa shape index (κ3) is 3.80. The van der Waals surface area contributed by atoms with Gasteiger partial charge < -0.3 is 4.98 Å². The number of nitrogens with one attached hydrogen (secondary N) is 3. The number of hydrogen-bond acceptors (Lipinski definition) is 5. The molecule has 0 atom stereocenters. The highest BCUT2D eigenvalue weighted by Gasteiger charge is 2.19. The van der Waals surface area contributed by atoms with Crippen LogP contribution in [0, 0.1) is 5.92 Å². The van der Waals surface area contributed by atoms with E-state index in [9.17, 15) is 18.0 Å². The molecule has 1 aromatic rings. The predicted molar refractivity (Wildman–Crippen MR) is 58.8 cm³/mol. The maximum atomic E-state index is 11.6. The molecule has 3 N–H and O–H groups in total. The van der Waals surface area contributed by atoms with Crippen molar-refractivity contribution in [3.05, 3.63) is 27.0 Å². The molecule has 0 bridgehead atoms. The van der Waals surface area contributed by atoms with E-state index in [4.69, 9.17) is 4.84 Å². The van der Waals surface area contributed by atoms with Crippen molar-refractivity contribution in [1.29, 1.82) is 0 Å². The first kappa shape index (κ1) is 13.6. The molecule has 17 heavy (non-hydrogen) atoms. The summed E-state index contributed by atoms with van der Waals surface area (Å²) in [6, 6.07) is 0. The van der Waals surface area contributed by atoms with Gasteiger partial charge in [0.25, 0.3) is 15.6 Å². The number of aromatic nitrogens is 2. The highest BCUT2D eigenvalue weighted by molar-refractivity contribution is 7.89. The summed E-state index contributed by atoms with van der Waals surface area (Å²) in [6.07, 6.45) is 0.808. The maximum Gasteiger partial charge on any atom is 0.325 e. The van der Waals surface area contributed by atoms with Crippen LogP contribution in [0.15, 0.2) is 20.7 Å². The number of H-pyrrole nitrogens is 2. The van der Waals surface area contributed by atoms with Crippen LogP contribution in [0.1, 0.15) is 13.8 Å². The highest BCUT2D eigenvalue weighted by atomic mass is 32.2. The van der Waals surface area contributed by atoms with Crippen molar-refractivity contribution in [2.75, 3.05) is 6.61 Å². The number of rotatable bonds is 5. The van der Waals surface area contributed by atoms with Crippen LogP contribution in [0.2, 0.25) is 0 Å². The third-order valence-electron chi connectivity index (χ3n) is 1.66. The number of aromatic amines is 2. The molecule has 0 aliphatic rings. The van der Waals surface area contributed by atoms with Crippen LogP contribution < -0.4 is 16.1 Å². The van der Waals surface area contributed by atoms with Gasteiger partial charge in [0.1, 0.15) is 0 Å². The summed E-state index contributed by atoms with van der Waals surface area (Å²) in [5.41, 5.74) is -1.79. The molecule has 0 spiro atoms. The lowest BCUT2D eigenvalue weighted by atomic mass is 10.2. The zero-order valence-corrected chi connectivity index (χ0v) is 10.1. The number of sulfonamides is 1. The Kier molecular flexibility index (Phi) is 4.21. The number of hydrogen-bond donors (Lipinski definition) is 3. The monoisotopic (exact) mass is 263 g/mol. The molecule has 1 aromatic heterocycles. The summed E-state index contributed by atoms with van der Waals surface area (Å²) in [5.74, 6) is 0.131. The van der Waals surface area contributed by atoms with Crippen molar-refractivity contribution in [3.8, 4) is 0 Å². The van der Waals surface area contributed by atoms with Gasteiger partial charge in [-0.2, -0.15) is 0 Å². The molecule has 0 fully saturated rings. The average Bonchev–Trinajstić information content (AvgIpc) is 2.15. The van der Waals surface area contributed by atoms with Crippen LogP contribution in [-0.2, 0) is 14.9 Å². The van der Waals surface area contributed by atoms with Gasteiger partial charge in [-0.25, -0.2) is 13.2 Å². The zero-order chi connectivity index (χ0) is 13.1. The topological polar surface area (TPSA) is 121 Å². The Balaban J connectivity index is 2.90. The van der Waals surface area contributed by atoms with Gasteiger partial charge in [0, 0.05) is 6.20 Å². The lowest BCUT2D eigenvalue weighted by Gasteiger charge is -2.07. The Labute approximate surface area is 97.0 Å². The summed E-state index contributed by atoms with van der Waals surface area (Å²) >= 11 is 0. The van der Waals surface area contributed by atoms with Gasteiger partial charge >= 0.3 is 5.69 Å². The molecule has 8 nitrogen and oxygen atoms in total. The van der Waals surface area contributed by atoms with Crippen molar-refractivity contribution >= 4 is 10.0 Å². The minimum absolute atomic E-state index is 0.131. The van der Waals surface area contributed by atoms with Gasteiger partial charge in [0.05, 0.1) is 6.61 Å². The lowest BCUT2D eigenvalue weighted by Crippen LogP contribution is -2.33. The molecular formula is C8H13N3O5S.